The Bertz CT molecular complexity index is 871. The number of hydrogen-bond donors (Lipinski definition) is 1. The number of ether oxygens (including phenoxy) is 3. The van der Waals surface area contributed by atoms with Gasteiger partial charge >= 0.3 is 5.97 Å². The van der Waals surface area contributed by atoms with Crippen LogP contribution in [0.25, 0.3) is 0 Å². The quantitative estimate of drug-likeness (QED) is 0.758. The lowest BCUT2D eigenvalue weighted by Crippen LogP contribution is -2.30. The van der Waals surface area contributed by atoms with Gasteiger partial charge in [0.1, 0.15) is 13.2 Å². The zero-order chi connectivity index (χ0) is 19.4. The van der Waals surface area contributed by atoms with E-state index in [4.69, 9.17) is 37.4 Å². The standard InChI is InChI=1S/C19H17Cl2NO5/c1-11(19(24)22-15-4-3-13(20)10-14(15)21)27-18(23)9-12-2-5-16-17(8-12)26-7-6-25-16/h2-5,8,10-11H,6-7,9H2,1H3,(H,22,24)/t11-/m1/s1. The number of amides is 1. The van der Waals surface area contributed by atoms with Gasteiger partial charge in [-0.2, -0.15) is 0 Å². The number of esters is 1. The molecule has 0 spiro atoms. The lowest BCUT2D eigenvalue weighted by atomic mass is 10.1. The second kappa shape index (κ2) is 8.50. The third-order valence-corrected chi connectivity index (χ3v) is 4.37. The van der Waals surface area contributed by atoms with Crippen LogP contribution in [0, 0.1) is 0 Å². The molecule has 1 heterocycles. The third kappa shape index (κ3) is 5.05. The van der Waals surface area contributed by atoms with Crippen LogP contribution in [0.1, 0.15) is 12.5 Å². The normalized spacial score (nSPS) is 13.6. The van der Waals surface area contributed by atoms with E-state index in [1.165, 1.54) is 13.0 Å². The van der Waals surface area contributed by atoms with Crippen molar-refractivity contribution in [2.24, 2.45) is 0 Å². The summed E-state index contributed by atoms with van der Waals surface area (Å²) in [6.07, 6.45) is -0.975. The van der Waals surface area contributed by atoms with E-state index in [1.807, 2.05) is 0 Å². The van der Waals surface area contributed by atoms with E-state index >= 15 is 0 Å². The summed E-state index contributed by atoms with van der Waals surface area (Å²) in [6, 6.07) is 9.92. The van der Waals surface area contributed by atoms with Gasteiger partial charge in [0.05, 0.1) is 17.1 Å². The highest BCUT2D eigenvalue weighted by molar-refractivity contribution is 6.36. The first kappa shape index (κ1) is 19.3. The first-order chi connectivity index (χ1) is 12.9. The Kier molecular flexibility index (Phi) is 6.08. The first-order valence-electron chi connectivity index (χ1n) is 8.26. The number of nitrogens with one attached hydrogen (secondary N) is 1. The van der Waals surface area contributed by atoms with Crippen molar-refractivity contribution < 1.29 is 23.8 Å². The molecule has 2 aromatic carbocycles. The predicted molar refractivity (Wildman–Crippen MR) is 102 cm³/mol. The maximum absolute atomic E-state index is 12.2. The molecule has 2 aromatic rings. The Morgan fingerprint density at radius 3 is 2.59 bits per heavy atom. The molecular weight excluding hydrogens is 393 g/mol. The minimum absolute atomic E-state index is 0.00988. The van der Waals surface area contributed by atoms with Crippen molar-refractivity contribution in [3.8, 4) is 11.5 Å². The van der Waals surface area contributed by atoms with Crippen molar-refractivity contribution in [1.82, 2.24) is 0 Å². The Balaban J connectivity index is 1.56. The smallest absolute Gasteiger partial charge is 0.311 e. The highest BCUT2D eigenvalue weighted by Gasteiger charge is 2.20. The molecule has 8 heteroatoms. The Hall–Kier alpha value is -2.44. The minimum atomic E-state index is -0.985. The van der Waals surface area contributed by atoms with Gasteiger partial charge in [-0.15, -0.1) is 0 Å². The fraction of sp³-hybridized carbons (Fsp3) is 0.263. The van der Waals surface area contributed by atoms with Gasteiger partial charge in [0, 0.05) is 5.02 Å². The van der Waals surface area contributed by atoms with E-state index in [9.17, 15) is 9.59 Å². The van der Waals surface area contributed by atoms with Crippen LogP contribution in [0.3, 0.4) is 0 Å². The maximum atomic E-state index is 12.2. The van der Waals surface area contributed by atoms with Crippen molar-refractivity contribution in [3.05, 3.63) is 52.0 Å². The summed E-state index contributed by atoms with van der Waals surface area (Å²) >= 11 is 11.8. The zero-order valence-corrected chi connectivity index (χ0v) is 16.0. The van der Waals surface area contributed by atoms with Crippen LogP contribution in [-0.4, -0.2) is 31.2 Å². The number of hydrogen-bond acceptors (Lipinski definition) is 5. The number of halogens is 2. The predicted octanol–water partition coefficient (Wildman–Crippen LogP) is 3.88. The number of fused-ring (bicyclic) bond motifs is 1. The molecule has 0 saturated heterocycles. The second-order valence-corrected chi connectivity index (χ2v) is 6.74. The summed E-state index contributed by atoms with van der Waals surface area (Å²) in [4.78, 5) is 24.4. The molecule has 142 valence electrons. The second-order valence-electron chi connectivity index (χ2n) is 5.90. The number of carbonyl (C=O) groups is 2. The zero-order valence-electron chi connectivity index (χ0n) is 14.5. The summed E-state index contributed by atoms with van der Waals surface area (Å²) in [7, 11) is 0. The van der Waals surface area contributed by atoms with Crippen LogP contribution in [0.5, 0.6) is 11.5 Å². The molecule has 0 aliphatic carbocycles. The van der Waals surface area contributed by atoms with Crippen molar-refractivity contribution in [3.63, 3.8) is 0 Å². The molecule has 0 radical (unpaired) electrons. The molecule has 3 rings (SSSR count). The van der Waals surface area contributed by atoms with E-state index < -0.39 is 18.0 Å². The summed E-state index contributed by atoms with van der Waals surface area (Å²) in [5, 5.41) is 3.36. The summed E-state index contributed by atoms with van der Waals surface area (Å²) in [5.41, 5.74) is 1.10. The van der Waals surface area contributed by atoms with Crippen LogP contribution >= 0.6 is 23.2 Å². The van der Waals surface area contributed by atoms with Gasteiger partial charge in [-0.3, -0.25) is 9.59 Å². The average Bonchev–Trinajstić information content (AvgIpc) is 2.63. The number of rotatable bonds is 5. The molecule has 1 amide bonds. The van der Waals surface area contributed by atoms with Gasteiger partial charge in [-0.05, 0) is 42.8 Å². The van der Waals surface area contributed by atoms with Crippen LogP contribution in [-0.2, 0) is 20.7 Å². The van der Waals surface area contributed by atoms with Crippen molar-refractivity contribution in [2.75, 3.05) is 18.5 Å². The molecule has 1 N–H and O–H groups in total. The number of carbonyl (C=O) groups excluding carboxylic acids is 2. The summed E-state index contributed by atoms with van der Waals surface area (Å²) < 4.78 is 16.1. The minimum Gasteiger partial charge on any atom is -0.486 e. The molecule has 6 nitrogen and oxygen atoms in total. The van der Waals surface area contributed by atoms with Crippen LogP contribution in [0.15, 0.2) is 36.4 Å². The molecule has 1 aliphatic rings. The fourth-order valence-electron chi connectivity index (χ4n) is 2.48. The van der Waals surface area contributed by atoms with E-state index in [-0.39, 0.29) is 6.42 Å². The summed E-state index contributed by atoms with van der Waals surface area (Å²) in [6.45, 7) is 2.45. The average molecular weight is 410 g/mol. The molecule has 0 unspecified atom stereocenters. The highest BCUT2D eigenvalue weighted by atomic mass is 35.5. The molecule has 0 saturated carbocycles. The van der Waals surface area contributed by atoms with Crippen molar-refractivity contribution in [1.29, 1.82) is 0 Å². The number of benzene rings is 2. The first-order valence-corrected chi connectivity index (χ1v) is 9.02. The van der Waals surface area contributed by atoms with E-state index in [1.54, 1.807) is 30.3 Å². The molecule has 1 atom stereocenters. The van der Waals surface area contributed by atoms with Crippen LogP contribution in [0.2, 0.25) is 10.0 Å². The Morgan fingerprint density at radius 1 is 1.11 bits per heavy atom. The van der Waals surface area contributed by atoms with Crippen molar-refractivity contribution in [2.45, 2.75) is 19.4 Å². The van der Waals surface area contributed by atoms with Crippen LogP contribution in [0.4, 0.5) is 5.69 Å². The lowest BCUT2D eigenvalue weighted by Gasteiger charge is -2.19. The van der Waals surface area contributed by atoms with Gasteiger partial charge in [-0.1, -0.05) is 29.3 Å². The van der Waals surface area contributed by atoms with E-state index in [0.717, 1.165) is 0 Å². The lowest BCUT2D eigenvalue weighted by molar-refractivity contribution is -0.152. The number of anilines is 1. The van der Waals surface area contributed by atoms with Gasteiger partial charge in [0.15, 0.2) is 17.6 Å². The molecule has 0 aromatic heterocycles. The topological polar surface area (TPSA) is 73.9 Å². The SMILES string of the molecule is C[C@@H](OC(=O)Cc1ccc2c(c1)OCCO2)C(=O)Nc1ccc(Cl)cc1Cl. The maximum Gasteiger partial charge on any atom is 0.311 e. The summed E-state index contributed by atoms with van der Waals surface area (Å²) in [5.74, 6) is 0.215. The van der Waals surface area contributed by atoms with E-state index in [0.29, 0.717) is 46.0 Å². The molecular formula is C19H17Cl2NO5. The third-order valence-electron chi connectivity index (χ3n) is 3.82. The highest BCUT2D eigenvalue weighted by Crippen LogP contribution is 2.31. The van der Waals surface area contributed by atoms with Gasteiger partial charge in [0.25, 0.3) is 5.91 Å². The largest absolute Gasteiger partial charge is 0.486 e. The van der Waals surface area contributed by atoms with Gasteiger partial charge < -0.3 is 19.5 Å². The van der Waals surface area contributed by atoms with Gasteiger partial charge in [-0.25, -0.2) is 0 Å². The van der Waals surface area contributed by atoms with Crippen molar-refractivity contribution >= 4 is 40.8 Å². The monoisotopic (exact) mass is 409 g/mol. The van der Waals surface area contributed by atoms with Crippen LogP contribution < -0.4 is 14.8 Å². The Labute approximate surface area is 166 Å². The molecule has 0 fully saturated rings. The molecule has 1 aliphatic heterocycles. The van der Waals surface area contributed by atoms with Gasteiger partial charge in [0.2, 0.25) is 0 Å². The molecule has 27 heavy (non-hydrogen) atoms. The van der Waals surface area contributed by atoms with E-state index in [2.05, 4.69) is 5.32 Å². The molecule has 0 bridgehead atoms. The fourth-order valence-corrected chi connectivity index (χ4v) is 2.94. The Morgan fingerprint density at radius 2 is 1.85 bits per heavy atom.